The van der Waals surface area contributed by atoms with E-state index in [-0.39, 0.29) is 5.95 Å². The van der Waals surface area contributed by atoms with E-state index in [1.807, 2.05) is 0 Å². The van der Waals surface area contributed by atoms with Gasteiger partial charge in [0.05, 0.1) is 0 Å². The van der Waals surface area contributed by atoms with Crippen LogP contribution in [0, 0.1) is 7.05 Å². The highest BCUT2D eigenvalue weighted by Gasteiger charge is 1.91. The summed E-state index contributed by atoms with van der Waals surface area (Å²) in [7, 11) is 3.32. The summed E-state index contributed by atoms with van der Waals surface area (Å²) in [6.45, 7) is 0. The van der Waals surface area contributed by atoms with E-state index >= 15 is 0 Å². The molecule has 0 aliphatic rings. The maximum absolute atomic E-state index is 5.16. The number of rotatable bonds is 1. The maximum atomic E-state index is 5.16. The number of aromatic nitrogens is 3. The molecule has 4 N–H and O–H groups in total. The highest BCUT2D eigenvalue weighted by molar-refractivity contribution is 5.29. The lowest BCUT2D eigenvalue weighted by Crippen LogP contribution is -1.87. The van der Waals surface area contributed by atoms with E-state index in [0.717, 1.165) is 0 Å². The Morgan fingerprint density at radius 1 is 1.75 bits per heavy atom. The van der Waals surface area contributed by atoms with Crippen molar-refractivity contribution < 1.29 is 0 Å². The van der Waals surface area contributed by atoms with Crippen LogP contribution in [0.15, 0.2) is 0 Å². The highest BCUT2D eigenvalue weighted by atomic mass is 15.3. The Morgan fingerprint density at radius 2 is 2.50 bits per heavy atom. The fourth-order valence-electron chi connectivity index (χ4n) is 0.353. The van der Waals surface area contributed by atoms with Crippen molar-refractivity contribution in [1.82, 2.24) is 15.2 Å². The van der Waals surface area contributed by atoms with Crippen LogP contribution >= 0.6 is 0 Å². The molecule has 1 radical (unpaired) electrons. The quantitative estimate of drug-likeness (QED) is 0.461. The molecule has 43 valence electrons. The molecule has 1 rings (SSSR count). The third kappa shape index (κ3) is 0.699. The lowest BCUT2D eigenvalue weighted by molar-refractivity contribution is 1.10. The molecule has 0 fully saturated rings. The van der Waals surface area contributed by atoms with Crippen LogP contribution in [0.25, 0.3) is 0 Å². The van der Waals surface area contributed by atoms with Crippen molar-refractivity contribution in [2.45, 2.75) is 0 Å². The van der Waals surface area contributed by atoms with Gasteiger partial charge in [-0.25, -0.2) is 5.10 Å². The second kappa shape index (κ2) is 1.69. The van der Waals surface area contributed by atoms with Crippen molar-refractivity contribution in [1.29, 1.82) is 0 Å². The minimum absolute atomic E-state index is 0.288. The van der Waals surface area contributed by atoms with E-state index in [1.165, 1.54) is 0 Å². The summed E-state index contributed by atoms with van der Waals surface area (Å²) >= 11 is 0. The molecule has 8 heavy (non-hydrogen) atoms. The van der Waals surface area contributed by atoms with Gasteiger partial charge in [-0.15, -0.1) is 5.10 Å². The largest absolute Gasteiger partial charge is 0.368 e. The molecule has 0 aliphatic heterocycles. The summed E-state index contributed by atoms with van der Waals surface area (Å²) < 4.78 is 0. The molecule has 0 aromatic carbocycles. The topological polar surface area (TPSA) is 79.6 Å². The van der Waals surface area contributed by atoms with Crippen molar-refractivity contribution in [2.75, 3.05) is 11.1 Å². The zero-order chi connectivity index (χ0) is 5.98. The number of nitrogens with two attached hydrogens (primary N) is 1. The van der Waals surface area contributed by atoms with Gasteiger partial charge in [0.25, 0.3) is 0 Å². The van der Waals surface area contributed by atoms with E-state index < -0.39 is 0 Å². The van der Waals surface area contributed by atoms with E-state index in [4.69, 9.17) is 5.73 Å². The molecule has 0 amide bonds. The van der Waals surface area contributed by atoms with Gasteiger partial charge in [0.2, 0.25) is 11.9 Å². The Morgan fingerprint density at radius 3 is 2.75 bits per heavy atom. The normalized spacial score (nSPS) is 9.12. The molecule has 1 heterocycles. The summed E-state index contributed by atoms with van der Waals surface area (Å²) in [4.78, 5) is 3.67. The summed E-state index contributed by atoms with van der Waals surface area (Å²) in [6, 6.07) is 0. The smallest absolute Gasteiger partial charge is 0.243 e. The molecule has 0 saturated carbocycles. The van der Waals surface area contributed by atoms with Crippen LogP contribution in [-0.4, -0.2) is 15.2 Å². The molecule has 1 aromatic heterocycles. The Hall–Kier alpha value is -1.26. The van der Waals surface area contributed by atoms with Crippen LogP contribution in [0.2, 0.25) is 0 Å². The number of nitrogen functional groups attached to an aromatic ring is 1. The number of aromatic amines is 1. The lowest BCUT2D eigenvalue weighted by atomic mass is 11.0. The van der Waals surface area contributed by atoms with Crippen LogP contribution in [0.5, 0.6) is 0 Å². The van der Waals surface area contributed by atoms with Crippen molar-refractivity contribution in [3.05, 3.63) is 7.05 Å². The highest BCUT2D eigenvalue weighted by Crippen LogP contribution is 1.95. The third-order valence-corrected chi connectivity index (χ3v) is 0.661. The zero-order valence-electron chi connectivity index (χ0n) is 4.18. The molecule has 0 aliphatic carbocycles. The second-order valence-electron chi connectivity index (χ2n) is 1.22. The van der Waals surface area contributed by atoms with Gasteiger partial charge in [-0.3, -0.25) is 0 Å². The SMILES string of the molecule is [CH2]Nc1n[nH]c(N)n1. The predicted molar refractivity (Wildman–Crippen MR) is 29.8 cm³/mol. The standard InChI is InChI=1S/C3H6N5/c1-5-3-6-2(4)7-8-3/h1H2,(H4,4,5,6,7,8). The first-order valence-corrected chi connectivity index (χ1v) is 2.04. The molecule has 0 bridgehead atoms. The van der Waals surface area contributed by atoms with Crippen LogP contribution in [0.1, 0.15) is 0 Å². The maximum Gasteiger partial charge on any atom is 0.243 e. The number of hydrogen-bond acceptors (Lipinski definition) is 4. The second-order valence-corrected chi connectivity index (χ2v) is 1.22. The monoisotopic (exact) mass is 112 g/mol. The average Bonchev–Trinajstić information content (AvgIpc) is 2.14. The van der Waals surface area contributed by atoms with E-state index in [2.05, 4.69) is 27.5 Å². The van der Waals surface area contributed by atoms with Gasteiger partial charge in [0, 0.05) is 7.05 Å². The minimum atomic E-state index is 0.288. The van der Waals surface area contributed by atoms with Crippen LogP contribution in [0.4, 0.5) is 11.9 Å². The summed E-state index contributed by atoms with van der Waals surface area (Å²) in [5.74, 6) is 0.693. The first-order valence-electron chi connectivity index (χ1n) is 2.04. The Kier molecular flexibility index (Phi) is 1.03. The van der Waals surface area contributed by atoms with E-state index in [1.54, 1.807) is 0 Å². The van der Waals surface area contributed by atoms with Gasteiger partial charge >= 0.3 is 0 Å². The van der Waals surface area contributed by atoms with E-state index in [9.17, 15) is 0 Å². The predicted octanol–water partition coefficient (Wildman–Crippen LogP) is -0.410. The number of nitrogens with zero attached hydrogens (tertiary/aromatic N) is 2. The first kappa shape index (κ1) is 4.89. The minimum Gasteiger partial charge on any atom is -0.368 e. The Balaban J connectivity index is 2.84. The van der Waals surface area contributed by atoms with Crippen LogP contribution in [-0.2, 0) is 0 Å². The van der Waals surface area contributed by atoms with Gasteiger partial charge in [0.1, 0.15) is 0 Å². The summed E-state index contributed by atoms with van der Waals surface area (Å²) in [6.07, 6.45) is 0. The third-order valence-electron chi connectivity index (χ3n) is 0.661. The van der Waals surface area contributed by atoms with Crippen molar-refractivity contribution in [3.63, 3.8) is 0 Å². The molecule has 0 saturated heterocycles. The van der Waals surface area contributed by atoms with Crippen molar-refractivity contribution in [2.24, 2.45) is 0 Å². The number of nitrogens with one attached hydrogen (secondary N) is 2. The first-order chi connectivity index (χ1) is 3.83. The van der Waals surface area contributed by atoms with Gasteiger partial charge < -0.3 is 11.1 Å². The van der Waals surface area contributed by atoms with Gasteiger partial charge in [-0.1, -0.05) is 0 Å². The molecular formula is C3H6N5. The molecule has 1 aromatic rings. The molecule has 5 nitrogen and oxygen atoms in total. The molecule has 0 unspecified atom stereocenters. The summed E-state index contributed by atoms with van der Waals surface area (Å²) in [5.41, 5.74) is 5.16. The molecule has 0 spiro atoms. The number of hydrogen-bond donors (Lipinski definition) is 3. The van der Waals surface area contributed by atoms with Gasteiger partial charge in [-0.2, -0.15) is 4.98 Å². The number of H-pyrrole nitrogens is 1. The van der Waals surface area contributed by atoms with Crippen LogP contribution in [0.3, 0.4) is 0 Å². The lowest BCUT2D eigenvalue weighted by Gasteiger charge is -1.82. The van der Waals surface area contributed by atoms with Crippen molar-refractivity contribution >= 4 is 11.9 Å². The fraction of sp³-hybridized carbons (Fsp3) is 0. The van der Waals surface area contributed by atoms with E-state index in [0.29, 0.717) is 5.95 Å². The average molecular weight is 112 g/mol. The summed E-state index contributed by atoms with van der Waals surface area (Å²) in [5, 5.41) is 8.50. The molecule has 0 atom stereocenters. The van der Waals surface area contributed by atoms with Crippen molar-refractivity contribution in [3.8, 4) is 0 Å². The van der Waals surface area contributed by atoms with Gasteiger partial charge in [-0.05, 0) is 0 Å². The fourth-order valence-corrected chi connectivity index (χ4v) is 0.353. The Labute approximate surface area is 46.3 Å². The zero-order valence-corrected chi connectivity index (χ0v) is 4.18. The molecular weight excluding hydrogens is 106 g/mol. The van der Waals surface area contributed by atoms with Crippen LogP contribution < -0.4 is 11.1 Å². The molecule has 5 heteroatoms. The Bertz CT molecular complexity index is 168. The number of anilines is 2. The van der Waals surface area contributed by atoms with Gasteiger partial charge in [0.15, 0.2) is 0 Å².